The van der Waals surface area contributed by atoms with Crippen molar-refractivity contribution >= 4 is 39.1 Å². The Morgan fingerprint density at radius 3 is 2.95 bits per heavy atom. The van der Waals surface area contributed by atoms with Gasteiger partial charge in [0.15, 0.2) is 0 Å². The highest BCUT2D eigenvalue weighted by atomic mass is 79.9. The van der Waals surface area contributed by atoms with Gasteiger partial charge in [-0.1, -0.05) is 24.6 Å². The summed E-state index contributed by atoms with van der Waals surface area (Å²) in [6.07, 6.45) is 3.54. The molecule has 4 nitrogen and oxygen atoms in total. The van der Waals surface area contributed by atoms with E-state index in [0.29, 0.717) is 11.6 Å². The van der Waals surface area contributed by atoms with E-state index < -0.39 is 0 Å². The summed E-state index contributed by atoms with van der Waals surface area (Å²) in [5, 5.41) is 7.65. The lowest BCUT2D eigenvalue weighted by molar-refractivity contribution is -0.119. The number of aryl methyl sites for hydroxylation is 1. The van der Waals surface area contributed by atoms with Crippen molar-refractivity contribution in [3.8, 4) is 0 Å². The molecule has 2 aromatic rings. The maximum atomic E-state index is 12.2. The van der Waals surface area contributed by atoms with E-state index in [9.17, 15) is 4.79 Å². The summed E-state index contributed by atoms with van der Waals surface area (Å²) in [5.74, 6) is -0.248. The molecule has 0 aliphatic carbocycles. The minimum atomic E-state index is -0.194. The van der Waals surface area contributed by atoms with Gasteiger partial charge in [-0.15, -0.1) is 0 Å². The third-order valence-corrected chi connectivity index (χ3v) is 3.61. The number of nitrogens with zero attached hydrogens (tertiary/aromatic N) is 2. The molecule has 1 unspecified atom stereocenters. The molecule has 0 saturated heterocycles. The summed E-state index contributed by atoms with van der Waals surface area (Å²) >= 11 is 9.27. The number of carbonyl (C=O) groups is 1. The molecule has 1 aromatic carbocycles. The molecule has 2 rings (SSSR count). The largest absolute Gasteiger partial charge is 0.326 e. The fraction of sp³-hybridized carbons (Fsp3) is 0.286. The van der Waals surface area contributed by atoms with E-state index in [0.717, 1.165) is 15.7 Å². The molecule has 1 aromatic heterocycles. The number of nitrogens with one attached hydrogen (secondary N) is 1. The van der Waals surface area contributed by atoms with Crippen LogP contribution in [0.5, 0.6) is 0 Å². The second-order valence-corrected chi connectivity index (χ2v) is 6.08. The molecule has 0 fully saturated rings. The highest BCUT2D eigenvalue weighted by Crippen LogP contribution is 2.21. The molecule has 1 N–H and O–H groups in total. The van der Waals surface area contributed by atoms with Crippen LogP contribution in [0.1, 0.15) is 12.5 Å². The average molecular weight is 357 g/mol. The van der Waals surface area contributed by atoms with Gasteiger partial charge in [-0.25, -0.2) is 0 Å². The summed E-state index contributed by atoms with van der Waals surface area (Å²) < 4.78 is 2.63. The molecule has 6 heteroatoms. The van der Waals surface area contributed by atoms with Crippen LogP contribution in [0.25, 0.3) is 0 Å². The van der Waals surface area contributed by atoms with E-state index in [2.05, 4.69) is 26.3 Å². The molecular weight excluding hydrogens is 342 g/mol. The topological polar surface area (TPSA) is 46.9 Å². The lowest BCUT2D eigenvalue weighted by Crippen LogP contribution is -2.25. The maximum Gasteiger partial charge on any atom is 0.229 e. The third kappa shape index (κ3) is 3.84. The monoisotopic (exact) mass is 355 g/mol. The highest BCUT2D eigenvalue weighted by Gasteiger charge is 2.15. The predicted molar refractivity (Wildman–Crippen MR) is 83.9 cm³/mol. The van der Waals surface area contributed by atoms with Crippen LogP contribution >= 0.6 is 27.5 Å². The van der Waals surface area contributed by atoms with Gasteiger partial charge in [0.1, 0.15) is 0 Å². The standard InChI is InChI=1S/C14H15BrClN3O/c1-9-3-4-12(16)5-13(9)18-14(20)10(2)7-19-8-11(15)6-17-19/h3-6,8,10H,7H2,1-2H3,(H,18,20). The van der Waals surface area contributed by atoms with Gasteiger partial charge < -0.3 is 5.32 Å². The van der Waals surface area contributed by atoms with Gasteiger partial charge in [0.05, 0.1) is 23.1 Å². The van der Waals surface area contributed by atoms with Gasteiger partial charge in [0, 0.05) is 16.9 Å². The quantitative estimate of drug-likeness (QED) is 0.903. The number of halogens is 2. The van der Waals surface area contributed by atoms with Crippen molar-refractivity contribution < 1.29 is 4.79 Å². The van der Waals surface area contributed by atoms with Crippen molar-refractivity contribution in [1.29, 1.82) is 0 Å². The molecule has 1 atom stereocenters. The highest BCUT2D eigenvalue weighted by molar-refractivity contribution is 9.10. The summed E-state index contributed by atoms with van der Waals surface area (Å²) in [6, 6.07) is 5.44. The molecule has 0 saturated carbocycles. The number of hydrogen-bond acceptors (Lipinski definition) is 2. The van der Waals surface area contributed by atoms with Crippen molar-refractivity contribution in [2.24, 2.45) is 5.92 Å². The van der Waals surface area contributed by atoms with E-state index in [-0.39, 0.29) is 11.8 Å². The van der Waals surface area contributed by atoms with Crippen molar-refractivity contribution in [2.75, 3.05) is 5.32 Å². The van der Waals surface area contributed by atoms with Crippen LogP contribution < -0.4 is 5.32 Å². The Hall–Kier alpha value is -1.33. The van der Waals surface area contributed by atoms with Gasteiger partial charge in [-0.2, -0.15) is 5.10 Å². The smallest absolute Gasteiger partial charge is 0.229 e. The lowest BCUT2D eigenvalue weighted by atomic mass is 10.1. The zero-order valence-corrected chi connectivity index (χ0v) is 13.6. The number of anilines is 1. The number of benzene rings is 1. The van der Waals surface area contributed by atoms with E-state index in [1.54, 1.807) is 23.0 Å². The Bertz CT molecular complexity index is 627. The molecule has 0 bridgehead atoms. The minimum Gasteiger partial charge on any atom is -0.326 e. The summed E-state index contributed by atoms with van der Waals surface area (Å²) in [7, 11) is 0. The first kappa shape index (κ1) is 15.1. The fourth-order valence-corrected chi connectivity index (χ4v) is 2.29. The molecule has 0 aliphatic rings. The van der Waals surface area contributed by atoms with E-state index >= 15 is 0 Å². The Balaban J connectivity index is 2.02. The first-order chi connectivity index (χ1) is 9.45. The summed E-state index contributed by atoms with van der Waals surface area (Å²) in [5.41, 5.74) is 1.73. The second-order valence-electron chi connectivity index (χ2n) is 4.73. The van der Waals surface area contributed by atoms with Crippen LogP contribution in [0, 0.1) is 12.8 Å². The van der Waals surface area contributed by atoms with E-state index in [4.69, 9.17) is 11.6 Å². The number of rotatable bonds is 4. The van der Waals surface area contributed by atoms with Crippen LogP contribution in [0.3, 0.4) is 0 Å². The zero-order chi connectivity index (χ0) is 14.7. The third-order valence-electron chi connectivity index (χ3n) is 2.97. The Kier molecular flexibility index (Phi) is 4.83. The predicted octanol–water partition coefficient (Wildman–Crippen LogP) is 3.88. The van der Waals surface area contributed by atoms with Crippen LogP contribution in [0.4, 0.5) is 5.69 Å². The first-order valence-corrected chi connectivity index (χ1v) is 7.38. The Morgan fingerprint density at radius 2 is 2.30 bits per heavy atom. The van der Waals surface area contributed by atoms with Crippen LogP contribution in [0.15, 0.2) is 35.1 Å². The molecule has 1 heterocycles. The number of hydrogen-bond donors (Lipinski definition) is 1. The van der Waals surface area contributed by atoms with Crippen LogP contribution in [-0.2, 0) is 11.3 Å². The normalized spacial score (nSPS) is 12.2. The summed E-state index contributed by atoms with van der Waals surface area (Å²) in [6.45, 7) is 4.32. The number of aromatic nitrogens is 2. The average Bonchev–Trinajstić information content (AvgIpc) is 2.79. The number of amides is 1. The molecule has 0 aliphatic heterocycles. The van der Waals surface area contributed by atoms with Gasteiger partial charge in [-0.3, -0.25) is 9.48 Å². The second kappa shape index (κ2) is 6.41. The first-order valence-electron chi connectivity index (χ1n) is 6.20. The van der Waals surface area contributed by atoms with Crippen molar-refractivity contribution in [3.63, 3.8) is 0 Å². The Labute approximate surface area is 131 Å². The van der Waals surface area contributed by atoms with Gasteiger partial charge in [0.2, 0.25) is 5.91 Å². The molecule has 1 amide bonds. The lowest BCUT2D eigenvalue weighted by Gasteiger charge is -2.14. The SMILES string of the molecule is Cc1ccc(Cl)cc1NC(=O)C(C)Cn1cc(Br)cn1. The van der Waals surface area contributed by atoms with Gasteiger partial charge in [0.25, 0.3) is 0 Å². The van der Waals surface area contributed by atoms with Gasteiger partial charge >= 0.3 is 0 Å². The van der Waals surface area contributed by atoms with Gasteiger partial charge in [-0.05, 0) is 40.5 Å². The molecule has 0 radical (unpaired) electrons. The maximum absolute atomic E-state index is 12.2. The summed E-state index contributed by atoms with van der Waals surface area (Å²) in [4.78, 5) is 12.2. The minimum absolute atomic E-state index is 0.0537. The fourth-order valence-electron chi connectivity index (χ4n) is 1.79. The van der Waals surface area contributed by atoms with E-state index in [1.165, 1.54) is 0 Å². The molecule has 106 valence electrons. The van der Waals surface area contributed by atoms with Crippen molar-refractivity contribution in [2.45, 2.75) is 20.4 Å². The van der Waals surface area contributed by atoms with E-state index in [1.807, 2.05) is 26.1 Å². The van der Waals surface area contributed by atoms with Crippen molar-refractivity contribution in [1.82, 2.24) is 9.78 Å². The molecule has 20 heavy (non-hydrogen) atoms. The molecule has 0 spiro atoms. The van der Waals surface area contributed by atoms with Crippen LogP contribution in [-0.4, -0.2) is 15.7 Å². The van der Waals surface area contributed by atoms with Crippen molar-refractivity contribution in [3.05, 3.63) is 45.7 Å². The zero-order valence-electron chi connectivity index (χ0n) is 11.2. The Morgan fingerprint density at radius 1 is 1.55 bits per heavy atom. The molecular formula is C14H15BrClN3O. The van der Waals surface area contributed by atoms with Crippen LogP contribution in [0.2, 0.25) is 5.02 Å². The number of carbonyl (C=O) groups excluding carboxylic acids is 1.